The number of sulfone groups is 1. The van der Waals surface area contributed by atoms with E-state index in [0.717, 1.165) is 0 Å². The summed E-state index contributed by atoms with van der Waals surface area (Å²) in [6.07, 6.45) is 0.377. The molecule has 0 saturated carbocycles. The van der Waals surface area contributed by atoms with Crippen LogP contribution in [0.15, 0.2) is 21.9 Å². The number of rotatable bonds is 4. The van der Waals surface area contributed by atoms with Gasteiger partial charge in [-0.3, -0.25) is 0 Å². The number of primary amides is 1. The van der Waals surface area contributed by atoms with E-state index in [1.807, 2.05) is 0 Å². The van der Waals surface area contributed by atoms with Gasteiger partial charge in [-0.1, -0.05) is 0 Å². The highest BCUT2D eigenvalue weighted by Gasteiger charge is 2.32. The van der Waals surface area contributed by atoms with Crippen molar-refractivity contribution in [1.82, 2.24) is 0 Å². The molecule has 0 saturated heterocycles. The molecular weight excluding hydrogens is 286 g/mol. The monoisotopic (exact) mass is 299 g/mol. The Balaban J connectivity index is 2.46. The summed E-state index contributed by atoms with van der Waals surface area (Å²) in [6, 6.07) is 2.92. The smallest absolute Gasteiger partial charge is 0.404 e. The van der Waals surface area contributed by atoms with Crippen LogP contribution < -0.4 is 15.2 Å². The molecule has 0 aliphatic carbocycles. The first-order valence-electron chi connectivity index (χ1n) is 5.54. The second kappa shape index (κ2) is 5.04. The second-order valence-electron chi connectivity index (χ2n) is 3.97. The number of ether oxygens (including phenoxy) is 3. The molecule has 1 heterocycles. The van der Waals surface area contributed by atoms with E-state index >= 15 is 0 Å². The Hall–Kier alpha value is -2.22. The van der Waals surface area contributed by atoms with Gasteiger partial charge in [-0.25, -0.2) is 13.2 Å². The molecule has 108 valence electrons. The molecule has 0 spiro atoms. The first-order chi connectivity index (χ1) is 9.40. The van der Waals surface area contributed by atoms with Gasteiger partial charge in [0, 0.05) is 6.07 Å². The maximum atomic E-state index is 12.3. The number of benzene rings is 1. The maximum absolute atomic E-state index is 12.3. The van der Waals surface area contributed by atoms with Gasteiger partial charge in [-0.05, 0) is 17.7 Å². The van der Waals surface area contributed by atoms with Crippen molar-refractivity contribution in [3.05, 3.63) is 22.6 Å². The van der Waals surface area contributed by atoms with E-state index in [1.165, 1.54) is 26.4 Å². The van der Waals surface area contributed by atoms with Gasteiger partial charge < -0.3 is 19.9 Å². The molecule has 0 aromatic heterocycles. The van der Waals surface area contributed by atoms with Gasteiger partial charge in [0.2, 0.25) is 9.84 Å². The third-order valence-electron chi connectivity index (χ3n) is 2.82. The van der Waals surface area contributed by atoms with Crippen LogP contribution in [0, 0.1) is 0 Å². The second-order valence-corrected chi connectivity index (χ2v) is 5.94. The number of carbonyl (C=O) groups is 1. The molecule has 7 nitrogen and oxygen atoms in total. The van der Waals surface area contributed by atoms with Crippen molar-refractivity contribution in [3.63, 3.8) is 0 Å². The maximum Gasteiger partial charge on any atom is 0.404 e. The first kappa shape index (κ1) is 14.2. The lowest BCUT2D eigenvalue weighted by molar-refractivity contribution is 0.168. The van der Waals surface area contributed by atoms with Crippen molar-refractivity contribution >= 4 is 22.0 Å². The summed E-state index contributed by atoms with van der Waals surface area (Å²) in [6.45, 7) is -0.406. The van der Waals surface area contributed by atoms with Crippen molar-refractivity contribution in [1.29, 1.82) is 0 Å². The molecule has 0 radical (unpaired) electrons. The highest BCUT2D eigenvalue weighted by Crippen LogP contribution is 2.40. The van der Waals surface area contributed by atoms with Gasteiger partial charge in [0.25, 0.3) is 0 Å². The third kappa shape index (κ3) is 2.29. The highest BCUT2D eigenvalue weighted by atomic mass is 32.2. The molecular formula is C12H13NO6S. The molecule has 0 unspecified atom stereocenters. The summed E-state index contributed by atoms with van der Waals surface area (Å²) < 4.78 is 39.2. The van der Waals surface area contributed by atoms with E-state index in [1.54, 1.807) is 6.07 Å². The highest BCUT2D eigenvalue weighted by molar-refractivity contribution is 7.95. The zero-order valence-corrected chi connectivity index (χ0v) is 11.7. The Morgan fingerprint density at radius 1 is 1.20 bits per heavy atom. The van der Waals surface area contributed by atoms with Gasteiger partial charge in [0.1, 0.15) is 6.61 Å². The van der Waals surface area contributed by atoms with Crippen molar-refractivity contribution in [2.75, 3.05) is 20.8 Å². The summed E-state index contributed by atoms with van der Waals surface area (Å²) in [4.78, 5) is 10.6. The van der Waals surface area contributed by atoms with Crippen LogP contribution in [0.3, 0.4) is 0 Å². The first-order valence-corrected chi connectivity index (χ1v) is 7.02. The molecule has 0 bridgehead atoms. The Kier molecular flexibility index (Phi) is 3.58. The lowest BCUT2D eigenvalue weighted by atomic mass is 10.2. The Morgan fingerprint density at radius 2 is 1.80 bits per heavy atom. The van der Waals surface area contributed by atoms with Crippen molar-refractivity contribution < 1.29 is 27.4 Å². The van der Waals surface area contributed by atoms with E-state index in [-0.39, 0.29) is 9.80 Å². The molecule has 0 atom stereocenters. The molecule has 1 aliphatic rings. The minimum atomic E-state index is -3.71. The summed E-state index contributed by atoms with van der Waals surface area (Å²) in [5.74, 6) is 0.718. The normalized spacial score (nSPS) is 15.2. The molecule has 8 heteroatoms. The fourth-order valence-electron chi connectivity index (χ4n) is 1.88. The number of hydrogen-bond acceptors (Lipinski definition) is 6. The van der Waals surface area contributed by atoms with Gasteiger partial charge in [-0.15, -0.1) is 0 Å². The third-order valence-corrected chi connectivity index (χ3v) is 4.68. The minimum Gasteiger partial charge on any atom is -0.493 e. The molecule has 2 N–H and O–H groups in total. The van der Waals surface area contributed by atoms with Crippen LogP contribution in [0.2, 0.25) is 0 Å². The lowest BCUT2D eigenvalue weighted by Gasteiger charge is -2.09. The summed E-state index contributed by atoms with van der Waals surface area (Å²) in [5, 5.41) is 0. The van der Waals surface area contributed by atoms with Crippen LogP contribution >= 0.6 is 0 Å². The predicted octanol–water partition coefficient (Wildman–Crippen LogP) is 0.927. The molecule has 1 aromatic rings. The van der Waals surface area contributed by atoms with Gasteiger partial charge in [-0.2, -0.15) is 0 Å². The number of methoxy groups -OCH3 is 2. The van der Waals surface area contributed by atoms with Crippen LogP contribution in [-0.2, 0) is 14.6 Å². The van der Waals surface area contributed by atoms with Crippen molar-refractivity contribution in [2.24, 2.45) is 5.73 Å². The van der Waals surface area contributed by atoms with Crippen LogP contribution in [0.25, 0.3) is 6.08 Å². The molecule has 20 heavy (non-hydrogen) atoms. The van der Waals surface area contributed by atoms with Crippen molar-refractivity contribution in [3.8, 4) is 11.5 Å². The molecule has 2 rings (SSSR count). The SMILES string of the molecule is COc1cc2c(cc1OC)S(=O)(=O)C(COC(N)=O)=C2. The van der Waals surface area contributed by atoms with E-state index in [0.29, 0.717) is 17.1 Å². The Bertz CT molecular complexity index is 692. The number of amides is 1. The largest absolute Gasteiger partial charge is 0.493 e. The number of carbonyl (C=O) groups excluding carboxylic acids is 1. The van der Waals surface area contributed by atoms with Crippen LogP contribution in [0.4, 0.5) is 4.79 Å². The predicted molar refractivity (Wildman–Crippen MR) is 70.2 cm³/mol. The Labute approximate surface area is 115 Å². The van der Waals surface area contributed by atoms with E-state index in [4.69, 9.17) is 15.2 Å². The molecule has 1 aliphatic heterocycles. The molecule has 1 amide bonds. The minimum absolute atomic E-state index is 0.0402. The molecule has 1 aromatic carbocycles. The zero-order valence-electron chi connectivity index (χ0n) is 10.9. The van der Waals surface area contributed by atoms with E-state index in [9.17, 15) is 13.2 Å². The van der Waals surface area contributed by atoms with Crippen LogP contribution in [0.5, 0.6) is 11.5 Å². The topological polar surface area (TPSA) is 105 Å². The lowest BCUT2D eigenvalue weighted by Crippen LogP contribution is -2.16. The van der Waals surface area contributed by atoms with E-state index in [2.05, 4.69) is 4.74 Å². The molecule has 0 fully saturated rings. The van der Waals surface area contributed by atoms with Gasteiger partial charge in [0.05, 0.1) is 24.0 Å². The van der Waals surface area contributed by atoms with Crippen LogP contribution in [-0.4, -0.2) is 35.3 Å². The fourth-order valence-corrected chi connectivity index (χ4v) is 3.34. The number of nitrogens with two attached hydrogens (primary N) is 1. The summed E-state index contributed by atoms with van der Waals surface area (Å²) in [5.41, 5.74) is 5.28. The Morgan fingerprint density at radius 3 is 2.35 bits per heavy atom. The standard InChI is InChI=1S/C12H13NO6S/c1-17-9-4-7-3-8(6-19-12(13)14)20(15,16)11(7)5-10(9)18-2/h3-5H,6H2,1-2H3,(H2,13,14). The van der Waals surface area contributed by atoms with E-state index < -0.39 is 22.5 Å². The summed E-state index contributed by atoms with van der Waals surface area (Å²) in [7, 11) is -0.841. The summed E-state index contributed by atoms with van der Waals surface area (Å²) >= 11 is 0. The van der Waals surface area contributed by atoms with Gasteiger partial charge in [0.15, 0.2) is 11.5 Å². The number of hydrogen-bond donors (Lipinski definition) is 1. The average Bonchev–Trinajstić information content (AvgIpc) is 2.65. The number of fused-ring (bicyclic) bond motifs is 1. The quantitative estimate of drug-likeness (QED) is 0.886. The van der Waals surface area contributed by atoms with Gasteiger partial charge >= 0.3 is 6.09 Å². The van der Waals surface area contributed by atoms with Crippen molar-refractivity contribution in [2.45, 2.75) is 4.90 Å². The zero-order chi connectivity index (χ0) is 14.9. The fraction of sp³-hybridized carbons (Fsp3) is 0.250. The van der Waals surface area contributed by atoms with Crippen LogP contribution in [0.1, 0.15) is 5.56 Å². The average molecular weight is 299 g/mol.